The van der Waals surface area contributed by atoms with E-state index in [4.69, 9.17) is 5.73 Å². The molecule has 4 nitrogen and oxygen atoms in total. The van der Waals surface area contributed by atoms with Gasteiger partial charge in [0.2, 0.25) is 0 Å². The van der Waals surface area contributed by atoms with Gasteiger partial charge in [0.25, 0.3) is 5.91 Å². The van der Waals surface area contributed by atoms with E-state index in [9.17, 15) is 4.79 Å². The fraction of sp³-hybridized carbons (Fsp3) is 0.643. The maximum Gasteiger partial charge on any atom is 0.268 e. The lowest BCUT2D eigenvalue weighted by Crippen LogP contribution is -2.46. The Hall–Kier alpha value is -1.45. The predicted molar refractivity (Wildman–Crippen MR) is 75.4 cm³/mol. The molecule has 0 aliphatic rings. The summed E-state index contributed by atoms with van der Waals surface area (Å²) in [5.74, 6) is -0.0801. The first-order valence-electron chi connectivity index (χ1n) is 6.24. The first kappa shape index (κ1) is 14.6. The summed E-state index contributed by atoms with van der Waals surface area (Å²) in [6, 6.07) is 1.70. The lowest BCUT2D eigenvalue weighted by Gasteiger charge is -2.33. The summed E-state index contributed by atoms with van der Waals surface area (Å²) in [5, 5.41) is 3.07. The van der Waals surface area contributed by atoms with E-state index in [1.165, 1.54) is 0 Å². The Labute approximate surface area is 110 Å². The lowest BCUT2D eigenvalue weighted by molar-refractivity contribution is 0.0883. The van der Waals surface area contributed by atoms with Crippen LogP contribution in [0.4, 0.5) is 5.69 Å². The third-order valence-corrected chi connectivity index (χ3v) is 2.68. The van der Waals surface area contributed by atoms with Crippen LogP contribution in [-0.2, 0) is 7.05 Å². The summed E-state index contributed by atoms with van der Waals surface area (Å²) in [6.07, 6.45) is 2.65. The molecule has 0 saturated heterocycles. The van der Waals surface area contributed by atoms with Gasteiger partial charge in [-0.05, 0) is 31.7 Å². The van der Waals surface area contributed by atoms with Crippen LogP contribution >= 0.6 is 0 Å². The zero-order chi connectivity index (χ0) is 14.1. The predicted octanol–water partition coefficient (Wildman–Crippen LogP) is 2.55. The van der Waals surface area contributed by atoms with Crippen molar-refractivity contribution in [1.82, 2.24) is 9.88 Å². The van der Waals surface area contributed by atoms with Gasteiger partial charge in [0.15, 0.2) is 0 Å². The average molecular weight is 251 g/mol. The summed E-state index contributed by atoms with van der Waals surface area (Å²) in [5.41, 5.74) is 6.81. The average Bonchev–Trinajstić information content (AvgIpc) is 2.39. The molecule has 0 aliphatic heterocycles. The summed E-state index contributed by atoms with van der Waals surface area (Å²) in [7, 11) is 1.82. The number of nitrogens with zero attached hydrogens (tertiary/aromatic N) is 1. The van der Waals surface area contributed by atoms with Crippen LogP contribution < -0.4 is 11.1 Å². The highest BCUT2D eigenvalue weighted by Gasteiger charge is 2.28. The van der Waals surface area contributed by atoms with Gasteiger partial charge in [0, 0.05) is 18.8 Å². The molecule has 0 saturated carbocycles. The highest BCUT2D eigenvalue weighted by molar-refractivity contribution is 5.94. The summed E-state index contributed by atoms with van der Waals surface area (Å²) in [4.78, 5) is 12.2. The van der Waals surface area contributed by atoms with Crippen LogP contribution in [0, 0.1) is 5.41 Å². The van der Waals surface area contributed by atoms with Crippen LogP contribution in [0.15, 0.2) is 12.3 Å². The number of carbonyl (C=O) groups is 1. The maximum atomic E-state index is 12.2. The van der Waals surface area contributed by atoms with Gasteiger partial charge in [-0.2, -0.15) is 0 Å². The molecule has 0 fully saturated rings. The minimum absolute atomic E-state index is 0.0801. The van der Waals surface area contributed by atoms with Gasteiger partial charge in [-0.1, -0.05) is 20.8 Å². The Bertz CT molecular complexity index is 438. The molecule has 0 radical (unpaired) electrons. The van der Waals surface area contributed by atoms with Crippen LogP contribution in [0.1, 0.15) is 51.5 Å². The first-order valence-corrected chi connectivity index (χ1v) is 6.24. The van der Waals surface area contributed by atoms with E-state index in [-0.39, 0.29) is 16.9 Å². The second-order valence-corrected chi connectivity index (χ2v) is 6.85. The number of amides is 1. The molecule has 18 heavy (non-hydrogen) atoms. The van der Waals surface area contributed by atoms with Gasteiger partial charge in [-0.25, -0.2) is 0 Å². The second-order valence-electron chi connectivity index (χ2n) is 6.85. The van der Waals surface area contributed by atoms with E-state index in [0.717, 1.165) is 6.42 Å². The second kappa shape index (κ2) is 4.67. The smallest absolute Gasteiger partial charge is 0.268 e. The van der Waals surface area contributed by atoms with E-state index in [1.807, 2.05) is 20.9 Å². The number of hydrogen-bond acceptors (Lipinski definition) is 2. The Morgan fingerprint density at radius 3 is 2.28 bits per heavy atom. The van der Waals surface area contributed by atoms with Gasteiger partial charge in [0.05, 0.1) is 5.69 Å². The molecule has 0 spiro atoms. The van der Waals surface area contributed by atoms with E-state index in [2.05, 4.69) is 26.1 Å². The quantitative estimate of drug-likeness (QED) is 0.867. The Morgan fingerprint density at radius 2 is 1.89 bits per heavy atom. The van der Waals surface area contributed by atoms with Crippen molar-refractivity contribution in [2.45, 2.75) is 46.6 Å². The number of hydrogen-bond donors (Lipinski definition) is 2. The number of rotatable bonds is 3. The lowest BCUT2D eigenvalue weighted by atomic mass is 9.82. The van der Waals surface area contributed by atoms with Crippen LogP contribution in [0.5, 0.6) is 0 Å². The number of anilines is 1. The Morgan fingerprint density at radius 1 is 1.33 bits per heavy atom. The molecule has 102 valence electrons. The monoisotopic (exact) mass is 251 g/mol. The Balaban J connectivity index is 2.79. The minimum Gasteiger partial charge on any atom is -0.397 e. The minimum atomic E-state index is -0.242. The number of aromatic nitrogens is 1. The summed E-state index contributed by atoms with van der Waals surface area (Å²) >= 11 is 0. The van der Waals surface area contributed by atoms with E-state index in [0.29, 0.717) is 11.4 Å². The summed E-state index contributed by atoms with van der Waals surface area (Å²) in [6.45, 7) is 10.6. The van der Waals surface area contributed by atoms with Gasteiger partial charge in [-0.15, -0.1) is 0 Å². The third kappa shape index (κ3) is 4.09. The molecule has 1 rings (SSSR count). The molecule has 1 aromatic rings. The zero-order valence-corrected chi connectivity index (χ0v) is 12.3. The number of nitrogens with one attached hydrogen (secondary N) is 1. The largest absolute Gasteiger partial charge is 0.397 e. The maximum absolute atomic E-state index is 12.2. The number of nitrogen functional groups attached to an aromatic ring is 1. The Kier molecular flexibility index (Phi) is 3.79. The molecular weight excluding hydrogens is 226 g/mol. The molecule has 0 atom stereocenters. The summed E-state index contributed by atoms with van der Waals surface area (Å²) < 4.78 is 1.75. The van der Waals surface area contributed by atoms with Crippen LogP contribution in [0.25, 0.3) is 0 Å². The molecule has 3 N–H and O–H groups in total. The highest BCUT2D eigenvalue weighted by atomic mass is 16.2. The highest BCUT2D eigenvalue weighted by Crippen LogP contribution is 2.27. The van der Waals surface area contributed by atoms with E-state index >= 15 is 0 Å². The van der Waals surface area contributed by atoms with Crippen molar-refractivity contribution in [3.05, 3.63) is 18.0 Å². The van der Waals surface area contributed by atoms with Crippen LogP contribution in [0.2, 0.25) is 0 Å². The fourth-order valence-electron chi connectivity index (χ4n) is 2.56. The molecule has 1 aromatic heterocycles. The molecule has 0 unspecified atom stereocenters. The van der Waals surface area contributed by atoms with Gasteiger partial charge < -0.3 is 15.6 Å². The van der Waals surface area contributed by atoms with Crippen molar-refractivity contribution in [3.8, 4) is 0 Å². The fourth-order valence-corrected chi connectivity index (χ4v) is 2.56. The van der Waals surface area contributed by atoms with Crippen molar-refractivity contribution in [1.29, 1.82) is 0 Å². The molecule has 0 aliphatic carbocycles. The first-order chi connectivity index (χ1) is 8.00. The molecule has 0 bridgehead atoms. The molecular formula is C14H25N3O. The third-order valence-electron chi connectivity index (χ3n) is 2.68. The molecule has 0 aromatic carbocycles. The zero-order valence-electron chi connectivity index (χ0n) is 12.3. The topological polar surface area (TPSA) is 60.0 Å². The SMILES string of the molecule is Cn1cc(N)cc1C(=O)NC(C)(C)CC(C)(C)C. The van der Waals surface area contributed by atoms with Gasteiger partial charge >= 0.3 is 0 Å². The van der Waals surface area contributed by atoms with Crippen molar-refractivity contribution >= 4 is 11.6 Å². The molecule has 1 amide bonds. The van der Waals surface area contributed by atoms with Gasteiger partial charge in [-0.3, -0.25) is 4.79 Å². The van der Waals surface area contributed by atoms with E-state index < -0.39 is 0 Å². The van der Waals surface area contributed by atoms with Crippen molar-refractivity contribution in [2.75, 3.05) is 5.73 Å². The normalized spacial score (nSPS) is 12.6. The molecule has 1 heterocycles. The van der Waals surface area contributed by atoms with E-state index in [1.54, 1.807) is 16.8 Å². The van der Waals surface area contributed by atoms with Crippen LogP contribution in [0.3, 0.4) is 0 Å². The van der Waals surface area contributed by atoms with Gasteiger partial charge in [0.1, 0.15) is 5.69 Å². The van der Waals surface area contributed by atoms with Crippen molar-refractivity contribution in [3.63, 3.8) is 0 Å². The number of aryl methyl sites for hydroxylation is 1. The van der Waals surface area contributed by atoms with Crippen molar-refractivity contribution in [2.24, 2.45) is 12.5 Å². The standard InChI is InChI=1S/C14H25N3O/c1-13(2,3)9-14(4,5)16-12(18)11-7-10(15)8-17(11)6/h7-8H,9,15H2,1-6H3,(H,16,18). The molecule has 4 heteroatoms. The van der Waals surface area contributed by atoms with Crippen LogP contribution in [-0.4, -0.2) is 16.0 Å². The number of nitrogens with two attached hydrogens (primary N) is 1. The van der Waals surface area contributed by atoms with Crippen molar-refractivity contribution < 1.29 is 4.79 Å². The number of carbonyl (C=O) groups excluding carboxylic acids is 1.